The summed E-state index contributed by atoms with van der Waals surface area (Å²) >= 11 is 0. The Morgan fingerprint density at radius 3 is 2.57 bits per heavy atom. The van der Waals surface area contributed by atoms with Crippen molar-refractivity contribution in [2.24, 2.45) is 0 Å². The monoisotopic (exact) mass is 203 g/mol. The first-order chi connectivity index (χ1) is 6.56. The average Bonchev–Trinajstić information content (AvgIpc) is 2.10. The van der Waals surface area contributed by atoms with E-state index in [1.54, 1.807) is 6.92 Å². The van der Waals surface area contributed by atoms with Crippen LogP contribution in [0.15, 0.2) is 12.1 Å². The highest BCUT2D eigenvalue weighted by atomic mass is 19.3. The number of nitrogens with one attached hydrogen (secondary N) is 1. The van der Waals surface area contributed by atoms with Gasteiger partial charge in [0, 0.05) is 12.1 Å². The fourth-order valence-electron chi connectivity index (χ4n) is 1.27. The maximum atomic E-state index is 12.4. The van der Waals surface area contributed by atoms with Crippen LogP contribution in [0.1, 0.15) is 23.1 Å². The van der Waals surface area contributed by atoms with Crippen LogP contribution in [0, 0.1) is 6.92 Å². The van der Waals surface area contributed by atoms with E-state index in [0.717, 1.165) is 0 Å². The lowest BCUT2D eigenvalue weighted by atomic mass is 10.0. The Kier molecular flexibility index (Phi) is 3.38. The summed E-state index contributed by atoms with van der Waals surface area (Å²) in [6, 6.07) is 2.76. The van der Waals surface area contributed by atoms with Gasteiger partial charge < -0.3 is 10.3 Å². The summed E-state index contributed by atoms with van der Waals surface area (Å²) in [6.07, 6.45) is -2.72. The van der Waals surface area contributed by atoms with E-state index in [0.29, 0.717) is 5.56 Å². The zero-order chi connectivity index (χ0) is 10.7. The first kappa shape index (κ1) is 10.9. The molecule has 0 spiro atoms. The number of halogens is 2. The number of hydrogen-bond donors (Lipinski definition) is 3. The normalized spacial score (nSPS) is 10.9. The Balaban J connectivity index is 3.18. The van der Waals surface area contributed by atoms with Gasteiger partial charge in [0.05, 0.1) is 5.56 Å². The average molecular weight is 203 g/mol. The number of aryl methyl sites for hydroxylation is 1. The number of phenolic OH excluding ortho intramolecular Hbond substituents is 1. The largest absolute Gasteiger partial charge is 0.507 e. The van der Waals surface area contributed by atoms with Crippen molar-refractivity contribution in [2.75, 3.05) is 0 Å². The van der Waals surface area contributed by atoms with Crippen LogP contribution in [-0.2, 0) is 6.54 Å². The minimum absolute atomic E-state index is 0.0623. The molecular formula is C9H11F2NO2. The zero-order valence-electron chi connectivity index (χ0n) is 7.59. The van der Waals surface area contributed by atoms with Crippen LogP contribution in [0.5, 0.6) is 5.75 Å². The van der Waals surface area contributed by atoms with Gasteiger partial charge in [-0.2, -0.15) is 0 Å². The van der Waals surface area contributed by atoms with Gasteiger partial charge in [-0.25, -0.2) is 14.3 Å². The Morgan fingerprint density at radius 2 is 2.07 bits per heavy atom. The second kappa shape index (κ2) is 4.34. The van der Waals surface area contributed by atoms with Crippen LogP contribution < -0.4 is 5.48 Å². The quantitative estimate of drug-likeness (QED) is 0.659. The predicted molar refractivity (Wildman–Crippen MR) is 46.4 cm³/mol. The molecule has 0 aromatic heterocycles. The van der Waals surface area contributed by atoms with Crippen molar-refractivity contribution in [3.05, 3.63) is 28.8 Å². The zero-order valence-corrected chi connectivity index (χ0v) is 7.59. The van der Waals surface area contributed by atoms with Crippen molar-refractivity contribution in [3.8, 4) is 5.75 Å². The summed E-state index contributed by atoms with van der Waals surface area (Å²) < 4.78 is 24.8. The number of hydroxylamine groups is 1. The summed E-state index contributed by atoms with van der Waals surface area (Å²) in [4.78, 5) is 0. The van der Waals surface area contributed by atoms with E-state index >= 15 is 0 Å². The number of hydrogen-bond acceptors (Lipinski definition) is 3. The Morgan fingerprint density at radius 1 is 1.43 bits per heavy atom. The molecule has 0 aliphatic heterocycles. The van der Waals surface area contributed by atoms with Crippen LogP contribution in [0.3, 0.4) is 0 Å². The predicted octanol–water partition coefficient (Wildman–Crippen LogP) is 2.12. The third-order valence-corrected chi connectivity index (χ3v) is 1.87. The van der Waals surface area contributed by atoms with Gasteiger partial charge in [0.25, 0.3) is 6.43 Å². The Labute approximate surface area is 79.9 Å². The van der Waals surface area contributed by atoms with Gasteiger partial charge >= 0.3 is 0 Å². The molecular weight excluding hydrogens is 192 g/mol. The van der Waals surface area contributed by atoms with Gasteiger partial charge in [-0.1, -0.05) is 11.6 Å². The molecule has 0 atom stereocenters. The van der Waals surface area contributed by atoms with Crippen molar-refractivity contribution >= 4 is 0 Å². The lowest BCUT2D eigenvalue weighted by Crippen LogP contribution is -2.07. The molecule has 0 saturated heterocycles. The van der Waals surface area contributed by atoms with E-state index < -0.39 is 17.7 Å². The summed E-state index contributed by atoms with van der Waals surface area (Å²) in [6.45, 7) is 1.58. The van der Waals surface area contributed by atoms with Gasteiger partial charge in [-0.05, 0) is 13.0 Å². The molecule has 0 unspecified atom stereocenters. The first-order valence-corrected chi connectivity index (χ1v) is 4.03. The fourth-order valence-corrected chi connectivity index (χ4v) is 1.27. The third kappa shape index (κ3) is 2.18. The summed E-state index contributed by atoms with van der Waals surface area (Å²) in [5.74, 6) is -0.466. The minimum atomic E-state index is -2.72. The summed E-state index contributed by atoms with van der Waals surface area (Å²) in [5.41, 5.74) is 2.27. The van der Waals surface area contributed by atoms with E-state index in [9.17, 15) is 13.9 Å². The molecule has 5 heteroatoms. The van der Waals surface area contributed by atoms with Crippen molar-refractivity contribution in [1.82, 2.24) is 5.48 Å². The molecule has 0 aliphatic carbocycles. The summed E-state index contributed by atoms with van der Waals surface area (Å²) in [7, 11) is 0. The number of alkyl halides is 2. The molecule has 0 heterocycles. The molecule has 14 heavy (non-hydrogen) atoms. The van der Waals surface area contributed by atoms with E-state index in [4.69, 9.17) is 5.21 Å². The summed E-state index contributed by atoms with van der Waals surface area (Å²) in [5, 5.41) is 17.8. The highest BCUT2D eigenvalue weighted by Gasteiger charge is 2.16. The second-order valence-electron chi connectivity index (χ2n) is 3.00. The van der Waals surface area contributed by atoms with Crippen LogP contribution >= 0.6 is 0 Å². The topological polar surface area (TPSA) is 52.5 Å². The van der Waals surface area contributed by atoms with E-state index in [1.165, 1.54) is 12.1 Å². The fraction of sp³-hybridized carbons (Fsp3) is 0.333. The first-order valence-electron chi connectivity index (χ1n) is 4.03. The van der Waals surface area contributed by atoms with Gasteiger partial charge in [0.2, 0.25) is 0 Å². The maximum Gasteiger partial charge on any atom is 0.267 e. The van der Waals surface area contributed by atoms with Crippen molar-refractivity contribution in [3.63, 3.8) is 0 Å². The molecule has 1 rings (SSSR count). The molecule has 78 valence electrons. The number of aromatic hydroxyl groups is 1. The smallest absolute Gasteiger partial charge is 0.267 e. The molecule has 1 aromatic carbocycles. The maximum absolute atomic E-state index is 12.4. The molecule has 0 amide bonds. The number of phenols is 1. The van der Waals surface area contributed by atoms with E-state index in [-0.39, 0.29) is 12.1 Å². The molecule has 3 nitrogen and oxygen atoms in total. The molecule has 0 saturated carbocycles. The molecule has 1 aromatic rings. The number of benzene rings is 1. The molecule has 3 N–H and O–H groups in total. The third-order valence-electron chi connectivity index (χ3n) is 1.87. The number of rotatable bonds is 3. The van der Waals surface area contributed by atoms with E-state index in [2.05, 4.69) is 0 Å². The molecule has 0 aliphatic rings. The standard InChI is InChI=1S/C9H11F2NO2/c1-5-2-6(4-12-14)8(13)7(3-5)9(10)11/h2-3,9,12-14H,4H2,1H3. The SMILES string of the molecule is Cc1cc(CNO)c(O)c(C(F)F)c1. The van der Waals surface area contributed by atoms with Gasteiger partial charge in [0.1, 0.15) is 5.75 Å². The second-order valence-corrected chi connectivity index (χ2v) is 3.00. The molecule has 0 fully saturated rings. The van der Waals surface area contributed by atoms with Gasteiger partial charge in [-0.3, -0.25) is 0 Å². The van der Waals surface area contributed by atoms with Crippen LogP contribution in [0.4, 0.5) is 8.78 Å². The molecule has 0 radical (unpaired) electrons. The molecule has 0 bridgehead atoms. The lowest BCUT2D eigenvalue weighted by molar-refractivity contribution is 0.145. The van der Waals surface area contributed by atoms with Crippen molar-refractivity contribution in [1.29, 1.82) is 0 Å². The van der Waals surface area contributed by atoms with Crippen molar-refractivity contribution in [2.45, 2.75) is 19.9 Å². The lowest BCUT2D eigenvalue weighted by Gasteiger charge is -2.10. The van der Waals surface area contributed by atoms with Crippen molar-refractivity contribution < 1.29 is 19.1 Å². The van der Waals surface area contributed by atoms with Gasteiger partial charge in [-0.15, -0.1) is 0 Å². The Hall–Kier alpha value is -1.20. The van der Waals surface area contributed by atoms with Crippen LogP contribution in [0.2, 0.25) is 0 Å². The van der Waals surface area contributed by atoms with Gasteiger partial charge in [0.15, 0.2) is 0 Å². The minimum Gasteiger partial charge on any atom is -0.507 e. The van der Waals surface area contributed by atoms with E-state index in [1.807, 2.05) is 5.48 Å². The van der Waals surface area contributed by atoms with Crippen LogP contribution in [0.25, 0.3) is 0 Å². The van der Waals surface area contributed by atoms with Crippen LogP contribution in [-0.4, -0.2) is 10.3 Å². The Bertz CT molecular complexity index is 329. The highest BCUT2D eigenvalue weighted by molar-refractivity contribution is 5.44. The highest BCUT2D eigenvalue weighted by Crippen LogP contribution is 2.32.